The van der Waals surface area contributed by atoms with Crippen LogP contribution in [0.2, 0.25) is 0 Å². The van der Waals surface area contributed by atoms with Gasteiger partial charge in [-0.05, 0) is 56.0 Å². The predicted octanol–water partition coefficient (Wildman–Crippen LogP) is 2.03. The van der Waals surface area contributed by atoms with Gasteiger partial charge in [0.05, 0.1) is 11.3 Å². The Hall–Kier alpha value is -1.93. The highest BCUT2D eigenvalue weighted by atomic mass is 19.1. The van der Waals surface area contributed by atoms with Crippen molar-refractivity contribution in [3.63, 3.8) is 0 Å². The molecule has 3 rings (SSSR count). The lowest BCUT2D eigenvalue weighted by Crippen LogP contribution is -2.31. The largest absolute Gasteiger partial charge is 0.325 e. The van der Waals surface area contributed by atoms with Crippen molar-refractivity contribution in [3.05, 3.63) is 29.6 Å². The van der Waals surface area contributed by atoms with E-state index < -0.39 is 5.82 Å². The lowest BCUT2D eigenvalue weighted by Gasteiger charge is -2.23. The lowest BCUT2D eigenvalue weighted by atomic mass is 9.91. The second-order valence-electron chi connectivity index (χ2n) is 5.66. The van der Waals surface area contributed by atoms with Crippen LogP contribution in [-0.2, 0) is 4.79 Å². The highest BCUT2D eigenvalue weighted by Crippen LogP contribution is 2.58. The van der Waals surface area contributed by atoms with Crippen LogP contribution in [0.5, 0.6) is 0 Å². The lowest BCUT2D eigenvalue weighted by molar-refractivity contribution is -0.118. The first kappa shape index (κ1) is 13.1. The molecule has 2 aliphatic rings. The Morgan fingerprint density at radius 3 is 2.90 bits per heavy atom. The average molecular weight is 273 g/mol. The molecule has 4 nitrogen and oxygen atoms in total. The van der Waals surface area contributed by atoms with Crippen LogP contribution < -0.4 is 10.6 Å². The summed E-state index contributed by atoms with van der Waals surface area (Å²) in [5.74, 6) is -0.489. The summed E-state index contributed by atoms with van der Waals surface area (Å²) in [5, 5.41) is 15.0. The normalized spacial score (nSPS) is 23.1. The van der Waals surface area contributed by atoms with E-state index in [1.165, 1.54) is 12.1 Å². The van der Waals surface area contributed by atoms with Gasteiger partial charge in [0, 0.05) is 5.92 Å². The number of benzene rings is 1. The van der Waals surface area contributed by atoms with E-state index in [1.807, 2.05) is 6.07 Å². The molecule has 0 radical (unpaired) electrons. The van der Waals surface area contributed by atoms with E-state index >= 15 is 0 Å². The molecule has 1 atom stereocenters. The summed E-state index contributed by atoms with van der Waals surface area (Å²) in [6.45, 7) is 1.92. The number of amides is 1. The number of carbonyl (C=O) groups is 1. The minimum atomic E-state index is -0.471. The average Bonchev–Trinajstić information content (AvgIpc) is 3.15. The molecule has 1 spiro atoms. The molecule has 2 N–H and O–H groups in total. The third kappa shape index (κ3) is 2.27. The summed E-state index contributed by atoms with van der Waals surface area (Å²) in [5.41, 5.74) is 0.718. The molecular weight excluding hydrogens is 257 g/mol. The minimum Gasteiger partial charge on any atom is -0.325 e. The third-order valence-electron chi connectivity index (χ3n) is 4.47. The van der Waals surface area contributed by atoms with Crippen molar-refractivity contribution in [3.8, 4) is 6.07 Å². The summed E-state index contributed by atoms with van der Waals surface area (Å²) in [4.78, 5) is 12.3. The molecule has 1 unspecified atom stereocenters. The number of halogens is 1. The number of hydrogen-bond donors (Lipinski definition) is 2. The van der Waals surface area contributed by atoms with Crippen molar-refractivity contribution in [1.29, 1.82) is 5.26 Å². The zero-order chi connectivity index (χ0) is 14.2. The predicted molar refractivity (Wildman–Crippen MR) is 72.4 cm³/mol. The molecule has 104 valence electrons. The van der Waals surface area contributed by atoms with Crippen LogP contribution in [0.3, 0.4) is 0 Å². The van der Waals surface area contributed by atoms with E-state index in [9.17, 15) is 9.18 Å². The second-order valence-corrected chi connectivity index (χ2v) is 5.66. The Balaban J connectivity index is 1.70. The maximum absolute atomic E-state index is 13.1. The van der Waals surface area contributed by atoms with Crippen LogP contribution >= 0.6 is 0 Å². The van der Waals surface area contributed by atoms with Gasteiger partial charge in [-0.3, -0.25) is 4.79 Å². The van der Waals surface area contributed by atoms with Crippen molar-refractivity contribution in [2.45, 2.75) is 19.3 Å². The number of nitrogens with one attached hydrogen (secondary N) is 2. The van der Waals surface area contributed by atoms with Gasteiger partial charge >= 0.3 is 0 Å². The number of rotatable bonds is 2. The minimum absolute atomic E-state index is 0.0289. The van der Waals surface area contributed by atoms with Gasteiger partial charge in [-0.2, -0.15) is 5.26 Å². The molecular formula is C15H16FN3O. The van der Waals surface area contributed by atoms with Gasteiger partial charge in [0.15, 0.2) is 0 Å². The van der Waals surface area contributed by atoms with Crippen molar-refractivity contribution in [1.82, 2.24) is 5.32 Å². The number of nitrogens with zero attached hydrogens (tertiary/aromatic N) is 1. The molecule has 1 amide bonds. The smallest absolute Gasteiger partial charge is 0.228 e. The van der Waals surface area contributed by atoms with Crippen molar-refractivity contribution >= 4 is 11.6 Å². The van der Waals surface area contributed by atoms with Crippen LogP contribution in [0, 0.1) is 28.5 Å². The summed E-state index contributed by atoms with van der Waals surface area (Å²) in [6.07, 6.45) is 2.98. The first-order valence-corrected chi connectivity index (χ1v) is 6.86. The van der Waals surface area contributed by atoms with Crippen LogP contribution in [0.4, 0.5) is 10.1 Å². The fraction of sp³-hybridized carbons (Fsp3) is 0.467. The Bertz CT molecular complexity index is 587. The quantitative estimate of drug-likeness (QED) is 0.866. The van der Waals surface area contributed by atoms with E-state index in [2.05, 4.69) is 10.6 Å². The van der Waals surface area contributed by atoms with E-state index in [0.29, 0.717) is 5.69 Å². The zero-order valence-electron chi connectivity index (χ0n) is 11.1. The summed E-state index contributed by atoms with van der Waals surface area (Å²) >= 11 is 0. The van der Waals surface area contributed by atoms with Crippen LogP contribution in [0.1, 0.15) is 24.8 Å². The monoisotopic (exact) mass is 273 g/mol. The highest BCUT2D eigenvalue weighted by molar-refractivity contribution is 5.96. The van der Waals surface area contributed by atoms with Crippen LogP contribution in [-0.4, -0.2) is 19.0 Å². The van der Waals surface area contributed by atoms with Gasteiger partial charge in [-0.1, -0.05) is 0 Å². The van der Waals surface area contributed by atoms with Gasteiger partial charge in [-0.25, -0.2) is 4.39 Å². The molecule has 20 heavy (non-hydrogen) atoms. The summed E-state index contributed by atoms with van der Waals surface area (Å²) in [7, 11) is 0. The van der Waals surface area contributed by atoms with E-state index in [-0.39, 0.29) is 22.8 Å². The number of hydrogen-bond acceptors (Lipinski definition) is 3. The van der Waals surface area contributed by atoms with Crippen molar-refractivity contribution in [2.75, 3.05) is 18.4 Å². The Labute approximate surface area is 117 Å². The number of anilines is 1. The SMILES string of the molecule is N#Cc1cc(F)ccc1NC(=O)C1CC12CCNCC2. The standard InChI is InChI=1S/C15H16FN3O/c16-11-1-2-13(10(7-11)9-17)19-14(20)12-8-15(12)3-5-18-6-4-15/h1-2,7,12,18H,3-6,8H2,(H,19,20). The molecule has 5 heteroatoms. The number of piperidine rings is 1. The number of nitriles is 1. The topological polar surface area (TPSA) is 64.9 Å². The molecule has 1 aromatic carbocycles. The molecule has 1 saturated heterocycles. The maximum atomic E-state index is 13.1. The number of carbonyl (C=O) groups excluding carboxylic acids is 1. The highest BCUT2D eigenvalue weighted by Gasteiger charge is 2.57. The Morgan fingerprint density at radius 2 is 2.20 bits per heavy atom. The molecule has 1 aliphatic heterocycles. The zero-order valence-corrected chi connectivity index (χ0v) is 11.1. The Kier molecular flexibility index (Phi) is 3.19. The van der Waals surface area contributed by atoms with E-state index in [4.69, 9.17) is 5.26 Å². The molecule has 0 aromatic heterocycles. The first-order valence-electron chi connectivity index (χ1n) is 6.86. The van der Waals surface area contributed by atoms with Gasteiger partial charge in [0.1, 0.15) is 11.9 Å². The van der Waals surface area contributed by atoms with Crippen molar-refractivity contribution < 1.29 is 9.18 Å². The van der Waals surface area contributed by atoms with Gasteiger partial charge in [0.2, 0.25) is 5.91 Å². The van der Waals surface area contributed by atoms with E-state index in [0.717, 1.165) is 38.4 Å². The fourth-order valence-corrected chi connectivity index (χ4v) is 3.13. The fourth-order valence-electron chi connectivity index (χ4n) is 3.13. The van der Waals surface area contributed by atoms with Gasteiger partial charge < -0.3 is 10.6 Å². The van der Waals surface area contributed by atoms with E-state index in [1.54, 1.807) is 0 Å². The summed E-state index contributed by atoms with van der Waals surface area (Å²) < 4.78 is 13.1. The molecule has 1 aliphatic carbocycles. The first-order chi connectivity index (χ1) is 9.64. The molecule has 2 fully saturated rings. The second kappa shape index (κ2) is 4.88. The molecule has 1 aromatic rings. The molecule has 0 bridgehead atoms. The summed E-state index contributed by atoms with van der Waals surface area (Å²) in [6, 6.07) is 5.75. The van der Waals surface area contributed by atoms with Gasteiger partial charge in [0.25, 0.3) is 0 Å². The van der Waals surface area contributed by atoms with Crippen LogP contribution in [0.15, 0.2) is 18.2 Å². The van der Waals surface area contributed by atoms with Crippen molar-refractivity contribution in [2.24, 2.45) is 11.3 Å². The molecule has 1 saturated carbocycles. The third-order valence-corrected chi connectivity index (χ3v) is 4.47. The van der Waals surface area contributed by atoms with Crippen LogP contribution in [0.25, 0.3) is 0 Å². The Morgan fingerprint density at radius 1 is 1.45 bits per heavy atom. The van der Waals surface area contributed by atoms with Gasteiger partial charge in [-0.15, -0.1) is 0 Å². The molecule has 1 heterocycles. The maximum Gasteiger partial charge on any atom is 0.228 e.